The average molecular weight is 1070 g/mol. The van der Waals surface area contributed by atoms with E-state index in [-0.39, 0.29) is 38.2 Å². The van der Waals surface area contributed by atoms with Gasteiger partial charge in [-0.3, -0.25) is 9.59 Å². The van der Waals surface area contributed by atoms with Crippen molar-refractivity contribution in [1.29, 1.82) is 0 Å². The smallest absolute Gasteiger partial charge is 0.361 e. The molecule has 75 heavy (non-hydrogen) atoms. The van der Waals surface area contributed by atoms with Crippen molar-refractivity contribution in [2.45, 2.75) is 360 Å². The molecule has 0 amide bonds. The number of unbranched alkanes of at least 4 members (excludes halogenated alkanes) is 48. The fourth-order valence-electron chi connectivity index (χ4n) is 10.3. The summed E-state index contributed by atoms with van der Waals surface area (Å²) < 4.78 is 22.9. The Morgan fingerprint density at radius 2 is 0.600 bits per heavy atom. The summed E-state index contributed by atoms with van der Waals surface area (Å²) in [6.45, 7) is 4.96. The molecule has 2 atom stereocenters. The predicted octanol–water partition coefficient (Wildman–Crippen LogP) is 19.9. The van der Waals surface area contributed by atoms with E-state index in [9.17, 15) is 19.5 Å². The summed E-state index contributed by atoms with van der Waals surface area (Å²) in [6, 6.07) is 0. The molecule has 0 aliphatic rings. The van der Waals surface area contributed by atoms with E-state index in [4.69, 9.17) is 18.9 Å². The van der Waals surface area contributed by atoms with E-state index in [0.29, 0.717) is 17.4 Å². The lowest BCUT2D eigenvalue weighted by molar-refractivity contribution is -0.870. The number of carbonyl (C=O) groups is 3. The Morgan fingerprint density at radius 3 is 0.853 bits per heavy atom. The van der Waals surface area contributed by atoms with Crippen LogP contribution in [-0.4, -0.2) is 87.4 Å². The van der Waals surface area contributed by atoms with Gasteiger partial charge in [-0.15, -0.1) is 0 Å². The largest absolute Gasteiger partial charge is 0.477 e. The zero-order valence-electron chi connectivity index (χ0n) is 51.0. The first-order valence-corrected chi connectivity index (χ1v) is 33.2. The van der Waals surface area contributed by atoms with Gasteiger partial charge in [-0.05, 0) is 12.8 Å². The quantitative estimate of drug-likeness (QED) is 0.0278. The Balaban J connectivity index is 3.98. The number of hydrogen-bond acceptors (Lipinski definition) is 7. The third-order valence-corrected chi connectivity index (χ3v) is 15.4. The van der Waals surface area contributed by atoms with Crippen LogP contribution in [0.15, 0.2) is 0 Å². The summed E-state index contributed by atoms with van der Waals surface area (Å²) >= 11 is 0. The number of carboxylic acids is 1. The number of hydrogen-bond donors (Lipinski definition) is 1. The Bertz CT molecular complexity index is 1190. The van der Waals surface area contributed by atoms with Crippen molar-refractivity contribution >= 4 is 17.9 Å². The number of quaternary nitrogens is 1. The number of aliphatic carboxylic acids is 1. The highest BCUT2D eigenvalue weighted by Gasteiger charge is 2.25. The number of esters is 2. The molecule has 0 saturated carbocycles. The number of likely N-dealkylation sites (N-methyl/N-ethyl adjacent to an activating group) is 1. The Labute approximate surface area is 466 Å². The maximum Gasteiger partial charge on any atom is 0.361 e. The first-order chi connectivity index (χ1) is 36.6. The van der Waals surface area contributed by atoms with Crippen molar-refractivity contribution in [3.63, 3.8) is 0 Å². The molecule has 0 radical (unpaired) electrons. The van der Waals surface area contributed by atoms with Gasteiger partial charge in [0.05, 0.1) is 34.4 Å². The lowest BCUT2D eigenvalue weighted by Gasteiger charge is -2.25. The Kier molecular flexibility index (Phi) is 57.1. The highest BCUT2D eigenvalue weighted by atomic mass is 16.7. The molecule has 0 fully saturated rings. The average Bonchev–Trinajstić information content (AvgIpc) is 3.38. The van der Waals surface area contributed by atoms with E-state index in [1.807, 2.05) is 21.1 Å². The molecule has 0 aromatic rings. The van der Waals surface area contributed by atoms with Crippen LogP contribution in [0, 0.1) is 0 Å². The summed E-state index contributed by atoms with van der Waals surface area (Å²) in [5, 5.41) is 9.71. The van der Waals surface area contributed by atoms with Gasteiger partial charge in [-0.2, -0.15) is 0 Å². The fraction of sp³-hybridized carbons (Fsp3) is 0.955. The SMILES string of the molecule is CCCCCCCCCCCCCCCCCCCCCCCCCCCCCCCCCCCCC(=O)OC(COC(=O)CCCCCCCCCCCCCCCCCC)COC(OCC[N+](C)(C)C)C(=O)O. The van der Waals surface area contributed by atoms with Gasteiger partial charge in [-0.1, -0.05) is 322 Å². The topological polar surface area (TPSA) is 108 Å². The second-order valence-electron chi connectivity index (χ2n) is 24.2. The van der Waals surface area contributed by atoms with Crippen molar-refractivity contribution in [3.05, 3.63) is 0 Å². The van der Waals surface area contributed by atoms with Crippen LogP contribution in [-0.2, 0) is 33.3 Å². The second-order valence-corrected chi connectivity index (χ2v) is 24.2. The molecule has 446 valence electrons. The molecule has 0 aliphatic heterocycles. The van der Waals surface area contributed by atoms with Crippen molar-refractivity contribution in [1.82, 2.24) is 0 Å². The zero-order valence-corrected chi connectivity index (χ0v) is 51.0. The third-order valence-electron chi connectivity index (χ3n) is 15.4. The maximum absolute atomic E-state index is 12.9. The van der Waals surface area contributed by atoms with Crippen LogP contribution in [0.4, 0.5) is 0 Å². The predicted molar refractivity (Wildman–Crippen MR) is 318 cm³/mol. The van der Waals surface area contributed by atoms with E-state index in [0.717, 1.165) is 38.5 Å². The normalized spacial score (nSPS) is 12.6. The molecule has 1 N–H and O–H groups in total. The van der Waals surface area contributed by atoms with Gasteiger partial charge in [0.25, 0.3) is 6.29 Å². The van der Waals surface area contributed by atoms with Gasteiger partial charge in [0, 0.05) is 12.8 Å². The minimum atomic E-state index is -1.50. The zero-order chi connectivity index (χ0) is 54.8. The van der Waals surface area contributed by atoms with Crippen molar-refractivity contribution in [2.24, 2.45) is 0 Å². The van der Waals surface area contributed by atoms with E-state index in [2.05, 4.69) is 13.8 Å². The van der Waals surface area contributed by atoms with Crippen LogP contribution in [0.25, 0.3) is 0 Å². The minimum Gasteiger partial charge on any atom is -0.477 e. The minimum absolute atomic E-state index is 0.172. The van der Waals surface area contributed by atoms with E-state index in [1.165, 1.54) is 283 Å². The van der Waals surface area contributed by atoms with E-state index >= 15 is 0 Å². The molecule has 0 aliphatic carbocycles. The number of rotatable bonds is 63. The molecule has 0 aromatic heterocycles. The number of nitrogens with zero attached hydrogens (tertiary/aromatic N) is 1. The molecule has 9 heteroatoms. The molecular weight excluding hydrogens is 935 g/mol. The Morgan fingerprint density at radius 1 is 0.347 bits per heavy atom. The van der Waals surface area contributed by atoms with Gasteiger partial charge >= 0.3 is 17.9 Å². The lowest BCUT2D eigenvalue weighted by Crippen LogP contribution is -2.40. The van der Waals surface area contributed by atoms with Crippen LogP contribution in [0.5, 0.6) is 0 Å². The summed E-state index contributed by atoms with van der Waals surface area (Å²) in [4.78, 5) is 37.5. The van der Waals surface area contributed by atoms with Crippen LogP contribution in [0.3, 0.4) is 0 Å². The molecular formula is C66H130NO8+. The number of carboxylic acid groups (broad SMARTS) is 1. The van der Waals surface area contributed by atoms with Crippen molar-refractivity contribution in [3.8, 4) is 0 Å². The molecule has 0 rings (SSSR count). The van der Waals surface area contributed by atoms with Gasteiger partial charge in [0.2, 0.25) is 0 Å². The van der Waals surface area contributed by atoms with Gasteiger partial charge in [-0.25, -0.2) is 4.79 Å². The van der Waals surface area contributed by atoms with Crippen molar-refractivity contribution in [2.75, 3.05) is 47.5 Å². The van der Waals surface area contributed by atoms with E-state index in [1.54, 1.807) is 0 Å². The first kappa shape index (κ1) is 73.3. The summed E-state index contributed by atoms with van der Waals surface area (Å²) in [5.74, 6) is -1.97. The molecule has 0 spiro atoms. The third kappa shape index (κ3) is 59.8. The molecule has 0 heterocycles. The van der Waals surface area contributed by atoms with E-state index < -0.39 is 18.4 Å². The van der Waals surface area contributed by atoms with Crippen molar-refractivity contribution < 1.29 is 42.9 Å². The highest BCUT2D eigenvalue weighted by molar-refractivity contribution is 5.71. The first-order valence-electron chi connectivity index (χ1n) is 33.2. The lowest BCUT2D eigenvalue weighted by atomic mass is 10.0. The summed E-state index contributed by atoms with van der Waals surface area (Å²) in [7, 11) is 5.99. The van der Waals surface area contributed by atoms with Gasteiger partial charge in [0.1, 0.15) is 13.2 Å². The summed E-state index contributed by atoms with van der Waals surface area (Å²) in [5.41, 5.74) is 0. The van der Waals surface area contributed by atoms with Crippen LogP contribution < -0.4 is 0 Å². The molecule has 2 unspecified atom stereocenters. The van der Waals surface area contributed by atoms with Gasteiger partial charge in [0.15, 0.2) is 6.10 Å². The standard InChI is InChI=1S/C66H129NO8/c1-6-8-10-12-14-16-18-20-22-24-25-26-27-28-29-30-31-32-33-34-35-36-37-38-39-40-41-43-45-47-49-51-53-55-57-64(69)75-62(61-74-66(65(70)71)72-59-58-67(3,4)5)60-73-63(68)56-54-52-50-48-46-44-42-23-21-19-17-15-13-11-9-7-2/h62,66H,6-61H2,1-5H3/p+1. The molecule has 0 saturated heterocycles. The molecule has 9 nitrogen and oxygen atoms in total. The van der Waals surface area contributed by atoms with Gasteiger partial charge < -0.3 is 28.5 Å². The number of carbonyl (C=O) groups excluding carboxylic acids is 2. The highest BCUT2D eigenvalue weighted by Crippen LogP contribution is 2.19. The maximum atomic E-state index is 12.9. The Hall–Kier alpha value is -1.71. The monoisotopic (exact) mass is 1060 g/mol. The molecule has 0 bridgehead atoms. The van der Waals surface area contributed by atoms with Crippen LogP contribution >= 0.6 is 0 Å². The van der Waals surface area contributed by atoms with Crippen LogP contribution in [0.2, 0.25) is 0 Å². The molecule has 0 aromatic carbocycles. The fourth-order valence-corrected chi connectivity index (χ4v) is 10.3. The second kappa shape index (κ2) is 58.4. The van der Waals surface area contributed by atoms with Crippen LogP contribution in [0.1, 0.15) is 348 Å². The summed E-state index contributed by atoms with van der Waals surface area (Å²) in [6.07, 6.45) is 65.1. The number of ether oxygens (including phenoxy) is 4.